The topological polar surface area (TPSA) is 63.2 Å². The maximum absolute atomic E-state index is 11.2. The van der Waals surface area contributed by atoms with Crippen molar-refractivity contribution in [2.75, 3.05) is 7.11 Å². The molecule has 3 rings (SSSR count). The second-order valence-corrected chi connectivity index (χ2v) is 6.66. The van der Waals surface area contributed by atoms with Crippen LogP contribution in [0.1, 0.15) is 26.3 Å². The van der Waals surface area contributed by atoms with Crippen LogP contribution < -0.4 is 4.74 Å². The van der Waals surface area contributed by atoms with Crippen LogP contribution in [-0.2, 0) is 30.3 Å². The van der Waals surface area contributed by atoms with Gasteiger partial charge in [-0.15, -0.1) is 0 Å². The van der Waals surface area contributed by atoms with E-state index in [1.807, 2.05) is 38.1 Å². The highest BCUT2D eigenvalue weighted by Crippen LogP contribution is 2.39. The van der Waals surface area contributed by atoms with Crippen LogP contribution >= 0.6 is 0 Å². The Hall–Kier alpha value is -1.73. The highest BCUT2D eigenvalue weighted by Gasteiger charge is 2.55. The van der Waals surface area contributed by atoms with Crippen molar-refractivity contribution in [3.05, 3.63) is 42.0 Å². The molecule has 0 radical (unpaired) electrons. The highest BCUT2D eigenvalue weighted by molar-refractivity contribution is 5.87. The van der Waals surface area contributed by atoms with Crippen molar-refractivity contribution >= 4 is 5.78 Å². The van der Waals surface area contributed by atoms with Gasteiger partial charge in [0.15, 0.2) is 17.9 Å². The summed E-state index contributed by atoms with van der Waals surface area (Å²) < 4.78 is 28.8. The number of ether oxygens (including phenoxy) is 5. The van der Waals surface area contributed by atoms with Crippen LogP contribution in [0, 0.1) is 0 Å². The monoisotopic (exact) mass is 348 g/mol. The van der Waals surface area contributed by atoms with E-state index in [0.717, 1.165) is 11.3 Å². The van der Waals surface area contributed by atoms with Crippen molar-refractivity contribution in [2.45, 2.75) is 57.8 Å². The Morgan fingerprint density at radius 2 is 1.88 bits per heavy atom. The minimum absolute atomic E-state index is 0.0408. The molecule has 0 bridgehead atoms. The smallest absolute Gasteiger partial charge is 0.187 e. The molecule has 1 aromatic carbocycles. The van der Waals surface area contributed by atoms with Gasteiger partial charge in [0.25, 0.3) is 0 Å². The van der Waals surface area contributed by atoms with E-state index in [0.29, 0.717) is 6.61 Å². The van der Waals surface area contributed by atoms with Crippen molar-refractivity contribution in [1.29, 1.82) is 0 Å². The van der Waals surface area contributed by atoms with E-state index < -0.39 is 12.1 Å². The standard InChI is InChI=1S/C19H24O6/c1-12(20)5-10-15-16-17(25-19(2,3)24-16)18(23-15)22-11-13-6-8-14(21-4)9-7-13/h5-10,15-18H,11H2,1-4H3/b10-5-/t15-,16-,17?,18+/m1/s1. The molecule has 0 aromatic heterocycles. The van der Waals surface area contributed by atoms with E-state index in [1.54, 1.807) is 13.2 Å². The molecule has 4 atom stereocenters. The number of allylic oxidation sites excluding steroid dienone is 1. The van der Waals surface area contributed by atoms with Crippen LogP contribution in [0.4, 0.5) is 0 Å². The van der Waals surface area contributed by atoms with E-state index >= 15 is 0 Å². The van der Waals surface area contributed by atoms with Gasteiger partial charge in [-0.2, -0.15) is 0 Å². The fraction of sp³-hybridized carbons (Fsp3) is 0.526. The first-order chi connectivity index (χ1) is 11.9. The SMILES string of the molecule is COc1ccc(CO[C@H]2O[C@H](/C=C\C(C)=O)[C@H]3OC(C)(C)OC23)cc1. The molecular weight excluding hydrogens is 324 g/mol. The number of benzene rings is 1. The number of rotatable bonds is 6. The van der Waals surface area contributed by atoms with Gasteiger partial charge in [-0.3, -0.25) is 4.79 Å². The van der Waals surface area contributed by atoms with Crippen LogP contribution in [0.15, 0.2) is 36.4 Å². The normalized spacial score (nSPS) is 30.6. The number of carbonyl (C=O) groups excluding carboxylic acids is 1. The lowest BCUT2D eigenvalue weighted by atomic mass is 10.1. The zero-order chi connectivity index (χ0) is 18.0. The van der Waals surface area contributed by atoms with Gasteiger partial charge in [-0.1, -0.05) is 12.1 Å². The van der Waals surface area contributed by atoms with Crippen molar-refractivity contribution in [3.8, 4) is 5.75 Å². The third kappa shape index (κ3) is 4.27. The minimum Gasteiger partial charge on any atom is -0.497 e. The van der Waals surface area contributed by atoms with Gasteiger partial charge in [0.2, 0.25) is 0 Å². The summed E-state index contributed by atoms with van der Waals surface area (Å²) in [5.41, 5.74) is 1.00. The lowest BCUT2D eigenvalue weighted by Crippen LogP contribution is -2.31. The molecule has 2 fully saturated rings. The number of hydrogen-bond acceptors (Lipinski definition) is 6. The molecule has 6 heteroatoms. The van der Waals surface area contributed by atoms with Crippen LogP contribution in [0.2, 0.25) is 0 Å². The van der Waals surface area contributed by atoms with Crippen LogP contribution in [-0.4, -0.2) is 43.3 Å². The molecule has 2 heterocycles. The minimum atomic E-state index is -0.705. The van der Waals surface area contributed by atoms with Gasteiger partial charge in [0.1, 0.15) is 24.1 Å². The van der Waals surface area contributed by atoms with Crippen molar-refractivity contribution in [1.82, 2.24) is 0 Å². The highest BCUT2D eigenvalue weighted by atomic mass is 16.8. The lowest BCUT2D eigenvalue weighted by molar-refractivity contribution is -0.231. The van der Waals surface area contributed by atoms with Crippen molar-refractivity contribution in [2.24, 2.45) is 0 Å². The Kier molecular flexibility index (Phi) is 5.24. The Labute approximate surface area is 147 Å². The Bertz CT molecular complexity index is 636. The molecule has 1 unspecified atom stereocenters. The largest absolute Gasteiger partial charge is 0.497 e. The van der Waals surface area contributed by atoms with Gasteiger partial charge in [0, 0.05) is 0 Å². The van der Waals surface area contributed by atoms with E-state index in [9.17, 15) is 4.79 Å². The molecule has 2 aliphatic rings. The summed E-state index contributed by atoms with van der Waals surface area (Å²) >= 11 is 0. The van der Waals surface area contributed by atoms with E-state index in [2.05, 4.69) is 0 Å². The first-order valence-corrected chi connectivity index (χ1v) is 8.32. The van der Waals surface area contributed by atoms with Gasteiger partial charge >= 0.3 is 0 Å². The fourth-order valence-corrected chi connectivity index (χ4v) is 3.01. The van der Waals surface area contributed by atoms with Crippen LogP contribution in [0.25, 0.3) is 0 Å². The summed E-state index contributed by atoms with van der Waals surface area (Å²) in [4.78, 5) is 11.2. The zero-order valence-electron chi connectivity index (χ0n) is 14.9. The molecular formula is C19H24O6. The molecule has 2 saturated heterocycles. The summed E-state index contributed by atoms with van der Waals surface area (Å²) in [7, 11) is 1.63. The summed E-state index contributed by atoms with van der Waals surface area (Å²) in [6.07, 6.45) is 1.62. The number of carbonyl (C=O) groups is 1. The molecule has 0 amide bonds. The summed E-state index contributed by atoms with van der Waals surface area (Å²) in [5.74, 6) is 0.0499. The third-order valence-electron chi connectivity index (χ3n) is 4.14. The van der Waals surface area contributed by atoms with Crippen LogP contribution in [0.5, 0.6) is 5.75 Å². The second-order valence-electron chi connectivity index (χ2n) is 6.66. The van der Waals surface area contributed by atoms with E-state index in [4.69, 9.17) is 23.7 Å². The Morgan fingerprint density at radius 1 is 1.20 bits per heavy atom. The molecule has 1 aromatic rings. The average molecular weight is 348 g/mol. The van der Waals surface area contributed by atoms with Gasteiger partial charge in [0.05, 0.1) is 13.7 Å². The first-order valence-electron chi connectivity index (χ1n) is 8.32. The van der Waals surface area contributed by atoms with Crippen molar-refractivity contribution in [3.63, 3.8) is 0 Å². The molecule has 0 N–H and O–H groups in total. The predicted octanol–water partition coefficient (Wildman–Crippen LogP) is 2.60. The number of hydrogen-bond donors (Lipinski definition) is 0. The van der Waals surface area contributed by atoms with E-state index in [1.165, 1.54) is 13.0 Å². The summed E-state index contributed by atoms with van der Waals surface area (Å²) in [6, 6.07) is 7.64. The third-order valence-corrected chi connectivity index (χ3v) is 4.14. The molecule has 25 heavy (non-hydrogen) atoms. The number of ketones is 1. The zero-order valence-corrected chi connectivity index (χ0v) is 14.9. The fourth-order valence-electron chi connectivity index (χ4n) is 3.01. The maximum atomic E-state index is 11.2. The van der Waals surface area contributed by atoms with Gasteiger partial charge in [-0.25, -0.2) is 0 Å². The first kappa shape index (κ1) is 18.1. The summed E-state index contributed by atoms with van der Waals surface area (Å²) in [5, 5.41) is 0. The van der Waals surface area contributed by atoms with E-state index in [-0.39, 0.29) is 24.1 Å². The number of methoxy groups -OCH3 is 1. The molecule has 0 aliphatic carbocycles. The van der Waals surface area contributed by atoms with Gasteiger partial charge < -0.3 is 23.7 Å². The average Bonchev–Trinajstić information content (AvgIpc) is 3.05. The van der Waals surface area contributed by atoms with Crippen molar-refractivity contribution < 1.29 is 28.5 Å². The lowest BCUT2D eigenvalue weighted by Gasteiger charge is -2.23. The second kappa shape index (κ2) is 7.25. The molecule has 136 valence electrons. The van der Waals surface area contributed by atoms with Crippen LogP contribution in [0.3, 0.4) is 0 Å². The molecule has 0 spiro atoms. The molecule has 0 saturated carbocycles. The quantitative estimate of drug-likeness (QED) is 0.737. The Morgan fingerprint density at radius 3 is 2.52 bits per heavy atom. The summed E-state index contributed by atoms with van der Waals surface area (Å²) in [6.45, 7) is 5.59. The maximum Gasteiger partial charge on any atom is 0.187 e. The molecule has 2 aliphatic heterocycles. The number of fused-ring (bicyclic) bond motifs is 1. The molecule has 6 nitrogen and oxygen atoms in total. The Balaban J connectivity index is 1.66. The van der Waals surface area contributed by atoms with Gasteiger partial charge in [-0.05, 0) is 50.6 Å². The predicted molar refractivity (Wildman–Crippen MR) is 90.1 cm³/mol.